The summed E-state index contributed by atoms with van der Waals surface area (Å²) in [5.74, 6) is -94.6. The first-order valence-corrected chi connectivity index (χ1v) is 24.5. The van der Waals surface area contributed by atoms with Gasteiger partial charge in [0.2, 0.25) is 0 Å². The molecule has 0 saturated heterocycles. The number of hydrogen-bond acceptors (Lipinski definition) is 2. The molecule has 422 valence electrons. The molecule has 3 rings (SSSR count). The van der Waals surface area contributed by atoms with Gasteiger partial charge in [0.25, 0.3) is 0 Å². The van der Waals surface area contributed by atoms with E-state index in [2.05, 4.69) is 0 Å². The predicted octanol–water partition coefficient (Wildman–Crippen LogP) is 18.7. The molecule has 0 aliphatic carbocycles. The van der Waals surface area contributed by atoms with Crippen LogP contribution in [0.4, 0.5) is 101 Å². The van der Waals surface area contributed by atoms with E-state index in [9.17, 15) is 70.7 Å². The SMILES string of the molecule is CCCCCCc1ccc(S(OC(=O)C(F)(F)C(F)(F)C(F)(F)C(F)(F)C(F)(F)C(F)(F)C(F)(F)C(F)(F)C(F)(F)C(F)(F)C(F)(F)F)(c2ccc(CCCCCC)cc2)c2ccc(CCCCCC)cc2)cc1. The van der Waals surface area contributed by atoms with Crippen LogP contribution in [0, 0.1) is 0 Å². The molecule has 0 radical (unpaired) electrons. The van der Waals surface area contributed by atoms with Crippen molar-refractivity contribution in [3.05, 3.63) is 89.5 Å². The van der Waals surface area contributed by atoms with Gasteiger partial charge < -0.3 is 4.18 Å². The third kappa shape index (κ3) is 11.4. The van der Waals surface area contributed by atoms with Crippen LogP contribution in [0.25, 0.3) is 0 Å². The fourth-order valence-electron chi connectivity index (χ4n) is 7.41. The highest BCUT2D eigenvalue weighted by atomic mass is 32.3. The van der Waals surface area contributed by atoms with Gasteiger partial charge in [0, 0.05) is 14.7 Å². The van der Waals surface area contributed by atoms with Crippen LogP contribution in [0.15, 0.2) is 87.5 Å². The van der Waals surface area contributed by atoms with Crippen molar-refractivity contribution in [2.45, 2.75) is 197 Å². The van der Waals surface area contributed by atoms with Gasteiger partial charge in [0.05, 0.1) is 0 Å². The Hall–Kier alpha value is -4.13. The lowest BCUT2D eigenvalue weighted by molar-refractivity contribution is -0.477. The fourth-order valence-corrected chi connectivity index (χ4v) is 10.4. The minimum absolute atomic E-state index is 0.366. The topological polar surface area (TPSA) is 26.3 Å². The summed E-state index contributed by atoms with van der Waals surface area (Å²) < 4.78 is 336. The summed E-state index contributed by atoms with van der Waals surface area (Å²) in [6, 6.07) is 14.9. The standard InChI is InChI=1S/C48H51F23O2S/c1-4-7-10-13-16-31-19-25-34(26-20-31)74(35-27-21-32(22-28-35)17-14-11-8-5-2,36-29-23-33(24-30-36)18-15-12-9-6-3)73-37(72)38(49,50)39(51,52)40(53,54)41(55,56)42(57,58)43(59,60)44(61,62)45(63,64)46(65,66)47(67,68)48(69,70)71/h19-30H,4-18H2,1-3H3. The molecule has 3 aromatic carbocycles. The van der Waals surface area contributed by atoms with Crippen molar-refractivity contribution in [2.75, 3.05) is 0 Å². The average molecular weight is 1130 g/mol. The second kappa shape index (κ2) is 23.2. The number of unbranched alkanes of at least 4 members (excludes halogenated alkanes) is 9. The number of hydrogen-bond donors (Lipinski definition) is 0. The van der Waals surface area contributed by atoms with E-state index in [1.54, 1.807) is 0 Å². The maximum Gasteiger partial charge on any atom is 0.460 e. The highest BCUT2D eigenvalue weighted by Crippen LogP contribution is 2.71. The Morgan fingerprint density at radius 1 is 0.338 bits per heavy atom. The highest BCUT2D eigenvalue weighted by Gasteiger charge is 2.99. The average Bonchev–Trinajstić information content (AvgIpc) is 3.32. The molecule has 0 aromatic heterocycles. The first-order valence-electron chi connectivity index (χ1n) is 22.9. The van der Waals surface area contributed by atoms with Crippen LogP contribution >= 0.6 is 10.3 Å². The Morgan fingerprint density at radius 2 is 0.568 bits per heavy atom. The van der Waals surface area contributed by atoms with Crippen molar-refractivity contribution >= 4 is 16.3 Å². The van der Waals surface area contributed by atoms with Gasteiger partial charge in [0.1, 0.15) is 0 Å². The van der Waals surface area contributed by atoms with E-state index >= 15 is 35.1 Å². The second-order valence-corrected chi connectivity index (χ2v) is 20.2. The van der Waals surface area contributed by atoms with Gasteiger partial charge >= 0.3 is 71.4 Å². The molecule has 0 heterocycles. The lowest BCUT2D eigenvalue weighted by Crippen LogP contribution is -2.78. The zero-order valence-corrected chi connectivity index (χ0v) is 40.3. The maximum absolute atomic E-state index is 16.0. The van der Waals surface area contributed by atoms with E-state index in [0.29, 0.717) is 55.2 Å². The zero-order chi connectivity index (χ0) is 56.8. The number of alkyl halides is 23. The summed E-state index contributed by atoms with van der Waals surface area (Å²) in [4.78, 5) is 12.5. The molecule has 0 bridgehead atoms. The second-order valence-electron chi connectivity index (χ2n) is 17.5. The van der Waals surface area contributed by atoms with Crippen molar-refractivity contribution in [2.24, 2.45) is 0 Å². The summed E-state index contributed by atoms with van der Waals surface area (Å²) >= 11 is 0. The highest BCUT2D eigenvalue weighted by molar-refractivity contribution is 8.30. The molecular formula is C48H51F23O2S. The summed E-state index contributed by atoms with van der Waals surface area (Å²) in [5, 5.41) is 0. The number of rotatable bonds is 29. The molecule has 3 aromatic rings. The Kier molecular flexibility index (Phi) is 20.1. The number of carbonyl (C=O) groups is 1. The summed E-state index contributed by atoms with van der Waals surface area (Å²) in [6.07, 6.45) is 1.76. The molecule has 74 heavy (non-hydrogen) atoms. The van der Waals surface area contributed by atoms with Crippen LogP contribution < -0.4 is 0 Å². The summed E-state index contributed by atoms with van der Waals surface area (Å²) in [7, 11) is -4.48. The van der Waals surface area contributed by atoms with Crippen molar-refractivity contribution < 1.29 is 110 Å². The van der Waals surface area contributed by atoms with Crippen molar-refractivity contribution in [1.29, 1.82) is 0 Å². The molecule has 0 N–H and O–H groups in total. The van der Waals surface area contributed by atoms with Crippen LogP contribution in [0.1, 0.15) is 115 Å². The lowest BCUT2D eigenvalue weighted by atomic mass is 9.85. The van der Waals surface area contributed by atoms with Crippen LogP contribution in [0.5, 0.6) is 0 Å². The number of carbonyl (C=O) groups excluding carboxylic acids is 1. The van der Waals surface area contributed by atoms with E-state index in [-0.39, 0.29) is 0 Å². The van der Waals surface area contributed by atoms with Crippen molar-refractivity contribution in [1.82, 2.24) is 0 Å². The van der Waals surface area contributed by atoms with Gasteiger partial charge in [-0.1, -0.05) is 115 Å². The fraction of sp³-hybridized carbons (Fsp3) is 0.604. The molecular weight excluding hydrogens is 1080 g/mol. The molecule has 0 aliphatic rings. The summed E-state index contributed by atoms with van der Waals surface area (Å²) in [6.45, 7) is 5.74. The van der Waals surface area contributed by atoms with Crippen LogP contribution in [-0.2, 0) is 28.2 Å². The minimum atomic E-state index is -9.57. The first kappa shape index (κ1) is 64.2. The Labute approximate surface area is 412 Å². The van der Waals surface area contributed by atoms with Crippen molar-refractivity contribution in [3.63, 3.8) is 0 Å². The normalized spacial score (nSPS) is 14.6. The molecule has 0 unspecified atom stereocenters. The summed E-state index contributed by atoms with van der Waals surface area (Å²) in [5.41, 5.74) is 1.60. The van der Waals surface area contributed by atoms with E-state index in [4.69, 9.17) is 4.18 Å². The molecule has 0 saturated carbocycles. The smallest absolute Gasteiger partial charge is 0.397 e. The van der Waals surface area contributed by atoms with E-state index in [1.165, 1.54) is 36.4 Å². The third-order valence-corrected chi connectivity index (χ3v) is 15.3. The van der Waals surface area contributed by atoms with Gasteiger partial charge in [-0.25, -0.2) is 4.79 Å². The number of benzene rings is 3. The molecule has 0 atom stereocenters. The van der Waals surface area contributed by atoms with Crippen LogP contribution in [-0.4, -0.2) is 71.4 Å². The molecule has 0 spiro atoms. The van der Waals surface area contributed by atoms with Gasteiger partial charge in [-0.05, 0) is 102 Å². The zero-order valence-electron chi connectivity index (χ0n) is 39.5. The van der Waals surface area contributed by atoms with Gasteiger partial charge in [-0.2, -0.15) is 101 Å². The first-order chi connectivity index (χ1) is 33.7. The van der Waals surface area contributed by atoms with Gasteiger partial charge in [-0.15, -0.1) is 0 Å². The molecule has 2 nitrogen and oxygen atoms in total. The maximum atomic E-state index is 16.0. The predicted molar refractivity (Wildman–Crippen MR) is 227 cm³/mol. The largest absolute Gasteiger partial charge is 0.460 e. The third-order valence-electron chi connectivity index (χ3n) is 12.1. The minimum Gasteiger partial charge on any atom is -0.397 e. The Morgan fingerprint density at radius 3 is 0.797 bits per heavy atom. The monoisotopic (exact) mass is 1130 g/mol. The van der Waals surface area contributed by atoms with Crippen molar-refractivity contribution in [3.8, 4) is 0 Å². The molecule has 0 amide bonds. The lowest BCUT2D eigenvalue weighted by Gasteiger charge is -2.45. The number of aryl methyl sites for hydroxylation is 3. The van der Waals surface area contributed by atoms with E-state index in [1.807, 2.05) is 20.8 Å². The van der Waals surface area contributed by atoms with E-state index in [0.717, 1.165) is 94.2 Å². The molecule has 26 heteroatoms. The van der Waals surface area contributed by atoms with Crippen LogP contribution in [0.3, 0.4) is 0 Å². The Balaban J connectivity index is 2.32. The Bertz CT molecular complexity index is 2120. The van der Waals surface area contributed by atoms with Gasteiger partial charge in [0.15, 0.2) is 0 Å². The quantitative estimate of drug-likeness (QED) is 0.0511. The van der Waals surface area contributed by atoms with Gasteiger partial charge in [-0.3, -0.25) is 0 Å². The van der Waals surface area contributed by atoms with E-state index < -0.39 is 96.4 Å². The molecule has 0 fully saturated rings. The molecule has 0 aliphatic heterocycles. The number of halogens is 23. The van der Waals surface area contributed by atoms with Crippen LogP contribution in [0.2, 0.25) is 0 Å².